The fourth-order valence-corrected chi connectivity index (χ4v) is 1.44. The lowest BCUT2D eigenvalue weighted by atomic mass is 10.2. The molecule has 0 aliphatic carbocycles. The van der Waals surface area contributed by atoms with Crippen molar-refractivity contribution in [1.29, 1.82) is 0 Å². The second kappa shape index (κ2) is 4.40. The molecule has 0 bridgehead atoms. The van der Waals surface area contributed by atoms with Gasteiger partial charge in [0.1, 0.15) is 11.9 Å². The second-order valence-corrected chi connectivity index (χ2v) is 3.40. The van der Waals surface area contributed by atoms with Crippen molar-refractivity contribution >= 4 is 0 Å². The molecule has 1 unspecified atom stereocenters. The van der Waals surface area contributed by atoms with Crippen LogP contribution in [0.4, 0.5) is 0 Å². The first kappa shape index (κ1) is 10.1. The fourth-order valence-electron chi connectivity index (χ4n) is 1.44. The van der Waals surface area contributed by atoms with Gasteiger partial charge in [0.2, 0.25) is 6.79 Å². The third-order valence-corrected chi connectivity index (χ3v) is 2.37. The Labute approximate surface area is 88.9 Å². The maximum atomic E-state index is 5.68. The number of hydrogen-bond acceptors (Lipinski definition) is 4. The second-order valence-electron chi connectivity index (χ2n) is 3.40. The predicted molar refractivity (Wildman–Crippen MR) is 56.3 cm³/mol. The minimum absolute atomic E-state index is 0.0605. The molecule has 0 aromatic heterocycles. The van der Waals surface area contributed by atoms with Crippen LogP contribution in [-0.4, -0.2) is 19.4 Å². The van der Waals surface area contributed by atoms with Crippen molar-refractivity contribution in [2.75, 3.05) is 13.3 Å². The molecule has 0 fully saturated rings. The average Bonchev–Trinajstić information content (AvgIpc) is 2.73. The van der Waals surface area contributed by atoms with E-state index in [2.05, 4.69) is 0 Å². The van der Waals surface area contributed by atoms with E-state index in [1.54, 1.807) is 0 Å². The molecule has 0 saturated carbocycles. The largest absolute Gasteiger partial charge is 0.489 e. The zero-order chi connectivity index (χ0) is 10.7. The Kier molecular flexibility index (Phi) is 2.97. The number of rotatable bonds is 4. The van der Waals surface area contributed by atoms with Crippen molar-refractivity contribution in [2.24, 2.45) is 5.73 Å². The van der Waals surface area contributed by atoms with Gasteiger partial charge in [0.15, 0.2) is 11.5 Å². The topological polar surface area (TPSA) is 53.7 Å². The highest BCUT2D eigenvalue weighted by atomic mass is 16.7. The van der Waals surface area contributed by atoms with E-state index in [4.69, 9.17) is 19.9 Å². The van der Waals surface area contributed by atoms with Crippen LogP contribution in [0.15, 0.2) is 18.2 Å². The van der Waals surface area contributed by atoms with Gasteiger partial charge >= 0.3 is 0 Å². The molecule has 0 amide bonds. The molecule has 0 radical (unpaired) electrons. The number of nitrogens with two attached hydrogens (primary N) is 1. The minimum Gasteiger partial charge on any atom is -0.489 e. The third kappa shape index (κ3) is 2.15. The summed E-state index contributed by atoms with van der Waals surface area (Å²) in [6.45, 7) is 2.85. The summed E-state index contributed by atoms with van der Waals surface area (Å²) in [4.78, 5) is 0. The quantitative estimate of drug-likeness (QED) is 0.817. The van der Waals surface area contributed by atoms with E-state index in [9.17, 15) is 0 Å². The number of ether oxygens (including phenoxy) is 3. The van der Waals surface area contributed by atoms with Crippen LogP contribution in [0, 0.1) is 0 Å². The molecule has 15 heavy (non-hydrogen) atoms. The molecule has 2 N–H and O–H groups in total. The smallest absolute Gasteiger partial charge is 0.231 e. The van der Waals surface area contributed by atoms with E-state index >= 15 is 0 Å². The molecule has 1 aromatic carbocycles. The summed E-state index contributed by atoms with van der Waals surface area (Å²) in [7, 11) is 0. The number of hydrogen-bond donors (Lipinski definition) is 1. The van der Waals surface area contributed by atoms with Gasteiger partial charge in [-0.15, -0.1) is 0 Å². The summed E-state index contributed by atoms with van der Waals surface area (Å²) in [6, 6.07) is 5.55. The molecular weight excluding hydrogens is 194 g/mol. The first-order valence-electron chi connectivity index (χ1n) is 5.10. The highest BCUT2D eigenvalue weighted by molar-refractivity contribution is 5.46. The fraction of sp³-hybridized carbons (Fsp3) is 0.455. The maximum Gasteiger partial charge on any atom is 0.231 e. The Morgan fingerprint density at radius 3 is 2.93 bits per heavy atom. The van der Waals surface area contributed by atoms with Crippen molar-refractivity contribution in [1.82, 2.24) is 0 Å². The molecule has 4 heteroatoms. The molecular formula is C11H15NO3. The van der Waals surface area contributed by atoms with E-state index in [1.807, 2.05) is 25.1 Å². The van der Waals surface area contributed by atoms with Gasteiger partial charge < -0.3 is 19.9 Å². The van der Waals surface area contributed by atoms with Crippen LogP contribution in [0.1, 0.15) is 13.3 Å². The predicted octanol–water partition coefficient (Wildman–Crippen LogP) is 1.53. The van der Waals surface area contributed by atoms with E-state index in [0.717, 1.165) is 23.7 Å². The highest BCUT2D eigenvalue weighted by Gasteiger charge is 2.14. The van der Waals surface area contributed by atoms with Gasteiger partial charge in [0.25, 0.3) is 0 Å². The van der Waals surface area contributed by atoms with Gasteiger partial charge in [-0.2, -0.15) is 0 Å². The Balaban J connectivity index is 2.09. The van der Waals surface area contributed by atoms with Crippen molar-refractivity contribution in [2.45, 2.75) is 19.4 Å². The van der Waals surface area contributed by atoms with Crippen LogP contribution in [0.2, 0.25) is 0 Å². The summed E-state index contributed by atoms with van der Waals surface area (Å²) < 4.78 is 16.1. The summed E-state index contributed by atoms with van der Waals surface area (Å²) in [5, 5.41) is 0. The zero-order valence-corrected chi connectivity index (χ0v) is 8.73. The van der Waals surface area contributed by atoms with E-state index < -0.39 is 0 Å². The first-order chi connectivity index (χ1) is 7.33. The Hall–Kier alpha value is -1.42. The van der Waals surface area contributed by atoms with Crippen molar-refractivity contribution in [3.8, 4) is 17.2 Å². The van der Waals surface area contributed by atoms with Crippen LogP contribution in [-0.2, 0) is 0 Å². The third-order valence-electron chi connectivity index (χ3n) is 2.37. The van der Waals surface area contributed by atoms with Crippen LogP contribution in [0.3, 0.4) is 0 Å². The summed E-state index contributed by atoms with van der Waals surface area (Å²) in [5.74, 6) is 2.28. The van der Waals surface area contributed by atoms with Crippen molar-refractivity contribution < 1.29 is 14.2 Å². The molecule has 1 aliphatic heterocycles. The molecule has 82 valence electrons. The van der Waals surface area contributed by atoms with Crippen molar-refractivity contribution in [3.05, 3.63) is 18.2 Å². The van der Waals surface area contributed by atoms with Gasteiger partial charge in [-0.05, 0) is 18.6 Å². The van der Waals surface area contributed by atoms with Gasteiger partial charge in [0, 0.05) is 12.6 Å². The lowest BCUT2D eigenvalue weighted by Gasteiger charge is -2.15. The molecule has 1 aliphatic rings. The van der Waals surface area contributed by atoms with Crippen LogP contribution < -0.4 is 19.9 Å². The van der Waals surface area contributed by atoms with Gasteiger partial charge in [-0.1, -0.05) is 6.92 Å². The van der Waals surface area contributed by atoms with Crippen LogP contribution >= 0.6 is 0 Å². The Morgan fingerprint density at radius 1 is 1.40 bits per heavy atom. The minimum atomic E-state index is 0.0605. The number of benzene rings is 1. The molecule has 1 atom stereocenters. The first-order valence-corrected chi connectivity index (χ1v) is 5.10. The highest BCUT2D eigenvalue weighted by Crippen LogP contribution is 2.35. The Bertz CT molecular complexity index is 337. The zero-order valence-electron chi connectivity index (χ0n) is 8.73. The van der Waals surface area contributed by atoms with Gasteiger partial charge in [-0.3, -0.25) is 0 Å². The maximum absolute atomic E-state index is 5.68. The van der Waals surface area contributed by atoms with E-state index in [-0.39, 0.29) is 12.9 Å². The molecule has 4 nitrogen and oxygen atoms in total. The SMILES string of the molecule is CCC(CN)Oc1ccc2c(c1)OCO2. The lowest BCUT2D eigenvalue weighted by molar-refractivity contribution is 0.173. The normalized spacial score (nSPS) is 15.1. The summed E-state index contributed by atoms with van der Waals surface area (Å²) >= 11 is 0. The molecule has 0 spiro atoms. The van der Waals surface area contributed by atoms with Gasteiger partial charge in [0.05, 0.1) is 0 Å². The van der Waals surface area contributed by atoms with Crippen LogP contribution in [0.25, 0.3) is 0 Å². The van der Waals surface area contributed by atoms with E-state index in [0.29, 0.717) is 6.54 Å². The molecule has 1 aromatic rings. The van der Waals surface area contributed by atoms with Crippen LogP contribution in [0.5, 0.6) is 17.2 Å². The summed E-state index contributed by atoms with van der Waals surface area (Å²) in [5.41, 5.74) is 5.56. The lowest BCUT2D eigenvalue weighted by Crippen LogP contribution is -2.25. The molecule has 0 saturated heterocycles. The molecule has 2 rings (SSSR count). The van der Waals surface area contributed by atoms with E-state index in [1.165, 1.54) is 0 Å². The monoisotopic (exact) mass is 209 g/mol. The average molecular weight is 209 g/mol. The Morgan fingerprint density at radius 2 is 2.20 bits per heavy atom. The summed E-state index contributed by atoms with van der Waals surface area (Å²) in [6.07, 6.45) is 0.954. The van der Waals surface area contributed by atoms with Crippen molar-refractivity contribution in [3.63, 3.8) is 0 Å². The standard InChI is InChI=1S/C11H15NO3/c1-2-8(6-12)15-9-3-4-10-11(5-9)14-7-13-10/h3-5,8H,2,6-7,12H2,1H3. The van der Waals surface area contributed by atoms with Gasteiger partial charge in [-0.25, -0.2) is 0 Å². The number of fused-ring (bicyclic) bond motifs is 1. The molecule has 1 heterocycles.